The van der Waals surface area contributed by atoms with Crippen LogP contribution >= 0.6 is 11.3 Å². The molecule has 0 aliphatic carbocycles. The van der Waals surface area contributed by atoms with Crippen molar-refractivity contribution in [3.63, 3.8) is 0 Å². The van der Waals surface area contributed by atoms with Gasteiger partial charge in [0.2, 0.25) is 5.91 Å². The van der Waals surface area contributed by atoms with E-state index in [1.807, 2.05) is 0 Å². The molecule has 1 N–H and O–H groups in total. The van der Waals surface area contributed by atoms with Crippen molar-refractivity contribution in [3.05, 3.63) is 47.6 Å². The van der Waals surface area contributed by atoms with Gasteiger partial charge in [0.1, 0.15) is 10.0 Å². The maximum absolute atomic E-state index is 13.6. The number of piperidine rings is 1. The number of para-hydroxylation sites is 1. The van der Waals surface area contributed by atoms with E-state index in [4.69, 9.17) is 0 Å². The molecule has 0 radical (unpaired) electrons. The van der Waals surface area contributed by atoms with Crippen LogP contribution in [0, 0.1) is 11.7 Å². The van der Waals surface area contributed by atoms with Gasteiger partial charge >= 0.3 is 0 Å². The molecule has 1 aliphatic rings. The Bertz CT molecular complexity index is 814. The van der Waals surface area contributed by atoms with Gasteiger partial charge < -0.3 is 5.32 Å². The van der Waals surface area contributed by atoms with E-state index in [-0.39, 0.29) is 30.6 Å². The highest BCUT2D eigenvalue weighted by atomic mass is 32.2. The number of halogens is 1. The quantitative estimate of drug-likeness (QED) is 0.902. The summed E-state index contributed by atoms with van der Waals surface area (Å²) >= 11 is 1.18. The molecular formula is C16H17FN2O3S2. The molecule has 1 amide bonds. The molecule has 1 aromatic heterocycles. The summed E-state index contributed by atoms with van der Waals surface area (Å²) in [6, 6.07) is 9.27. The third-order valence-corrected chi connectivity index (χ3v) is 7.32. The third kappa shape index (κ3) is 3.50. The molecule has 3 rings (SSSR count). The molecular weight excluding hydrogens is 351 g/mol. The molecule has 0 atom stereocenters. The summed E-state index contributed by atoms with van der Waals surface area (Å²) in [5.41, 5.74) is 0.149. The van der Waals surface area contributed by atoms with Crippen molar-refractivity contribution in [1.82, 2.24) is 4.31 Å². The molecule has 1 fully saturated rings. The van der Waals surface area contributed by atoms with Gasteiger partial charge in [0.15, 0.2) is 0 Å². The van der Waals surface area contributed by atoms with Crippen molar-refractivity contribution >= 4 is 33.0 Å². The first-order valence-electron chi connectivity index (χ1n) is 7.57. The van der Waals surface area contributed by atoms with Crippen LogP contribution in [0.1, 0.15) is 12.8 Å². The number of anilines is 1. The summed E-state index contributed by atoms with van der Waals surface area (Å²) in [6.07, 6.45) is 0.843. The Labute approximate surface area is 144 Å². The Morgan fingerprint density at radius 3 is 2.50 bits per heavy atom. The number of nitrogens with zero attached hydrogens (tertiary/aromatic N) is 1. The first kappa shape index (κ1) is 17.1. The Morgan fingerprint density at radius 1 is 1.17 bits per heavy atom. The van der Waals surface area contributed by atoms with Gasteiger partial charge in [-0.2, -0.15) is 4.31 Å². The molecule has 8 heteroatoms. The van der Waals surface area contributed by atoms with Crippen LogP contribution in [0.25, 0.3) is 0 Å². The summed E-state index contributed by atoms with van der Waals surface area (Å²) in [5, 5.41) is 4.30. The smallest absolute Gasteiger partial charge is 0.252 e. The second kappa shape index (κ2) is 7.00. The first-order valence-corrected chi connectivity index (χ1v) is 9.89. The average Bonchev–Trinajstić information content (AvgIpc) is 3.12. The van der Waals surface area contributed by atoms with Crippen LogP contribution in [-0.2, 0) is 14.8 Å². The van der Waals surface area contributed by atoms with Gasteiger partial charge in [0, 0.05) is 19.0 Å². The van der Waals surface area contributed by atoms with Crippen molar-refractivity contribution in [1.29, 1.82) is 0 Å². The second-order valence-electron chi connectivity index (χ2n) is 5.58. The summed E-state index contributed by atoms with van der Waals surface area (Å²) in [4.78, 5) is 12.3. The first-order chi connectivity index (χ1) is 11.5. The Hall–Kier alpha value is -1.77. The fourth-order valence-corrected chi connectivity index (χ4v) is 5.31. The monoisotopic (exact) mass is 368 g/mol. The van der Waals surface area contributed by atoms with E-state index in [9.17, 15) is 17.6 Å². The van der Waals surface area contributed by atoms with Crippen LogP contribution in [0.4, 0.5) is 10.1 Å². The minimum absolute atomic E-state index is 0.149. The van der Waals surface area contributed by atoms with Crippen LogP contribution in [0.2, 0.25) is 0 Å². The second-order valence-corrected chi connectivity index (χ2v) is 8.69. The van der Waals surface area contributed by atoms with Gasteiger partial charge in [0.05, 0.1) is 5.69 Å². The number of nitrogens with one attached hydrogen (secondary N) is 1. The molecule has 2 aromatic rings. The predicted molar refractivity (Wildman–Crippen MR) is 90.8 cm³/mol. The number of carbonyl (C=O) groups is 1. The number of sulfonamides is 1. The molecule has 1 aliphatic heterocycles. The number of thiophene rings is 1. The zero-order valence-corrected chi connectivity index (χ0v) is 14.4. The number of rotatable bonds is 4. The highest BCUT2D eigenvalue weighted by Crippen LogP contribution is 2.27. The molecule has 5 nitrogen and oxygen atoms in total. The molecule has 0 bridgehead atoms. The van der Waals surface area contributed by atoms with Crippen molar-refractivity contribution < 1.29 is 17.6 Å². The molecule has 24 heavy (non-hydrogen) atoms. The van der Waals surface area contributed by atoms with E-state index < -0.39 is 15.8 Å². The molecule has 2 heterocycles. The van der Waals surface area contributed by atoms with Crippen LogP contribution in [0.15, 0.2) is 46.0 Å². The van der Waals surface area contributed by atoms with Crippen LogP contribution in [0.5, 0.6) is 0 Å². The molecule has 0 unspecified atom stereocenters. The van der Waals surface area contributed by atoms with E-state index >= 15 is 0 Å². The van der Waals surface area contributed by atoms with E-state index in [1.165, 1.54) is 27.8 Å². The van der Waals surface area contributed by atoms with Crippen LogP contribution < -0.4 is 5.32 Å². The van der Waals surface area contributed by atoms with E-state index in [2.05, 4.69) is 5.32 Å². The zero-order valence-electron chi connectivity index (χ0n) is 12.8. The van der Waals surface area contributed by atoms with Crippen molar-refractivity contribution in [2.24, 2.45) is 5.92 Å². The topological polar surface area (TPSA) is 66.5 Å². The van der Waals surface area contributed by atoms with Crippen molar-refractivity contribution in [3.8, 4) is 0 Å². The lowest BCUT2D eigenvalue weighted by atomic mass is 9.97. The molecule has 1 aromatic carbocycles. The number of hydrogen-bond acceptors (Lipinski definition) is 4. The molecule has 0 spiro atoms. The highest BCUT2D eigenvalue weighted by molar-refractivity contribution is 7.91. The van der Waals surface area contributed by atoms with Gasteiger partial charge in [-0.1, -0.05) is 18.2 Å². The van der Waals surface area contributed by atoms with Gasteiger partial charge in [-0.05, 0) is 36.4 Å². The largest absolute Gasteiger partial charge is 0.323 e. The van der Waals surface area contributed by atoms with E-state index in [1.54, 1.807) is 29.6 Å². The summed E-state index contributed by atoms with van der Waals surface area (Å²) in [5.74, 6) is -1.07. The summed E-state index contributed by atoms with van der Waals surface area (Å²) in [6.45, 7) is 0.575. The van der Waals surface area contributed by atoms with E-state index in [0.717, 1.165) is 0 Å². The number of benzene rings is 1. The molecule has 128 valence electrons. The average molecular weight is 368 g/mol. The van der Waals surface area contributed by atoms with E-state index in [0.29, 0.717) is 17.1 Å². The standard InChI is InChI=1S/C16H17FN2O3S2/c17-13-4-1-2-5-14(13)18-16(20)12-7-9-19(10-8-12)24(21,22)15-6-3-11-23-15/h1-6,11-12H,7-10H2,(H,18,20). The van der Waals surface area contributed by atoms with Crippen molar-refractivity contribution in [2.45, 2.75) is 17.1 Å². The highest BCUT2D eigenvalue weighted by Gasteiger charge is 2.32. The summed E-state index contributed by atoms with van der Waals surface area (Å²) < 4.78 is 40.2. The minimum Gasteiger partial charge on any atom is -0.323 e. The normalized spacial score (nSPS) is 16.9. The SMILES string of the molecule is O=C(Nc1ccccc1F)C1CCN(S(=O)(=O)c2cccs2)CC1. The summed E-state index contributed by atoms with van der Waals surface area (Å²) in [7, 11) is -3.47. The maximum Gasteiger partial charge on any atom is 0.252 e. The van der Waals surface area contributed by atoms with Gasteiger partial charge in [0.25, 0.3) is 10.0 Å². The van der Waals surface area contributed by atoms with Crippen molar-refractivity contribution in [2.75, 3.05) is 18.4 Å². The third-order valence-electron chi connectivity index (χ3n) is 4.05. The number of hydrogen-bond donors (Lipinski definition) is 1. The number of carbonyl (C=O) groups excluding carboxylic acids is 1. The van der Waals surface area contributed by atoms with Gasteiger partial charge in [-0.3, -0.25) is 4.79 Å². The fourth-order valence-electron chi connectivity index (χ4n) is 2.69. The zero-order chi connectivity index (χ0) is 17.2. The predicted octanol–water partition coefficient (Wildman–Crippen LogP) is 2.93. The molecule has 0 saturated carbocycles. The van der Waals surface area contributed by atoms with Crippen LogP contribution in [-0.4, -0.2) is 31.7 Å². The van der Waals surface area contributed by atoms with Gasteiger partial charge in [-0.25, -0.2) is 12.8 Å². The van der Waals surface area contributed by atoms with Crippen LogP contribution in [0.3, 0.4) is 0 Å². The lowest BCUT2D eigenvalue weighted by molar-refractivity contribution is -0.120. The Morgan fingerprint density at radius 2 is 1.88 bits per heavy atom. The maximum atomic E-state index is 13.6. The minimum atomic E-state index is -3.47. The van der Waals surface area contributed by atoms with Gasteiger partial charge in [-0.15, -0.1) is 11.3 Å². The Kier molecular flexibility index (Phi) is 4.98. The lowest BCUT2D eigenvalue weighted by Crippen LogP contribution is -2.41. The lowest BCUT2D eigenvalue weighted by Gasteiger charge is -2.30. The number of amides is 1. The fraction of sp³-hybridized carbons (Fsp3) is 0.312. The molecule has 1 saturated heterocycles. The Balaban J connectivity index is 1.61.